The number of hydrogen-bond donors (Lipinski definition) is 0. The van der Waals surface area contributed by atoms with Gasteiger partial charge in [-0.15, -0.1) is 6.42 Å². The van der Waals surface area contributed by atoms with Gasteiger partial charge in [0.1, 0.15) is 0 Å². The molecule has 0 nitrogen and oxygen atoms in total. The summed E-state index contributed by atoms with van der Waals surface area (Å²) in [6, 6.07) is 0. The fraction of sp³-hybridized carbons (Fsp3) is 0.556. The molecule has 0 radical (unpaired) electrons. The fourth-order valence-corrected chi connectivity index (χ4v) is 0.989. The summed E-state index contributed by atoms with van der Waals surface area (Å²) in [6.07, 6.45) is 12.5. The molecule has 0 aromatic heterocycles. The standard InChI is InChI=1S/C9H13.3ClH.Zr/c1-2-3-6-9-7-4-5-8-9;;;;/h4,7H,2-3,5-6H2,1H3;3*1H;/q-1;;;;+4/p-3. The predicted molar refractivity (Wildman–Crippen MR) is 40.0 cm³/mol. The van der Waals surface area contributed by atoms with Crippen molar-refractivity contribution < 1.29 is 63.4 Å². The topological polar surface area (TPSA) is 0 Å². The summed E-state index contributed by atoms with van der Waals surface area (Å²) in [6.45, 7) is 2.22. The van der Waals surface area contributed by atoms with Crippen LogP contribution < -0.4 is 37.2 Å². The number of rotatable bonds is 3. The summed E-state index contributed by atoms with van der Waals surface area (Å²) in [4.78, 5) is 0. The fourth-order valence-electron chi connectivity index (χ4n) is 0.989. The minimum absolute atomic E-state index is 0. The molecule has 1 aliphatic carbocycles. The van der Waals surface area contributed by atoms with Crippen LogP contribution in [-0.2, 0) is 26.2 Å². The monoisotopic (exact) mass is 316 g/mol. The molecule has 0 saturated heterocycles. The summed E-state index contributed by atoms with van der Waals surface area (Å²) in [5, 5.41) is 0. The van der Waals surface area contributed by atoms with Crippen molar-refractivity contribution in [2.75, 3.05) is 0 Å². The number of allylic oxidation sites excluding steroid dienone is 4. The Morgan fingerprint density at radius 1 is 1.31 bits per heavy atom. The van der Waals surface area contributed by atoms with Crippen LogP contribution in [0.4, 0.5) is 0 Å². The molecule has 0 aromatic rings. The molecule has 74 valence electrons. The van der Waals surface area contributed by atoms with Crippen LogP contribution in [0.25, 0.3) is 0 Å². The van der Waals surface area contributed by atoms with Crippen molar-refractivity contribution >= 4 is 0 Å². The second kappa shape index (κ2) is 15.7. The average molecular weight is 319 g/mol. The Morgan fingerprint density at radius 3 is 2.31 bits per heavy atom. The zero-order valence-corrected chi connectivity index (χ0v) is 12.3. The third-order valence-corrected chi connectivity index (χ3v) is 1.57. The second-order valence-electron chi connectivity index (χ2n) is 2.41. The summed E-state index contributed by atoms with van der Waals surface area (Å²) in [5.41, 5.74) is 1.41. The molecule has 1 rings (SSSR count). The van der Waals surface area contributed by atoms with E-state index in [1.165, 1.54) is 24.8 Å². The van der Waals surface area contributed by atoms with Gasteiger partial charge >= 0.3 is 26.2 Å². The van der Waals surface area contributed by atoms with E-state index in [0.29, 0.717) is 0 Å². The van der Waals surface area contributed by atoms with Crippen LogP contribution in [0.2, 0.25) is 0 Å². The number of hydrogen-bond acceptors (Lipinski definition) is 0. The maximum absolute atomic E-state index is 3.30. The Kier molecular flexibility index (Phi) is 28.7. The van der Waals surface area contributed by atoms with Gasteiger partial charge in [0.05, 0.1) is 0 Å². The molecule has 0 unspecified atom stereocenters. The molecular formula is C9H13Cl3Zr. The van der Waals surface area contributed by atoms with Crippen molar-refractivity contribution in [1.82, 2.24) is 0 Å². The van der Waals surface area contributed by atoms with Crippen molar-refractivity contribution in [1.29, 1.82) is 0 Å². The summed E-state index contributed by atoms with van der Waals surface area (Å²) < 4.78 is 0. The van der Waals surface area contributed by atoms with Gasteiger partial charge in [0, 0.05) is 0 Å². The molecule has 1 aliphatic rings. The molecule has 0 fully saturated rings. The SMILES string of the molecule is CCCCC1=[C-]CC=C1.[Cl-].[Cl-].[Cl-].[Zr+4]. The first-order chi connectivity index (χ1) is 4.43. The van der Waals surface area contributed by atoms with E-state index in [2.05, 4.69) is 25.2 Å². The molecule has 0 spiro atoms. The molecule has 0 aliphatic heterocycles. The Labute approximate surface area is 119 Å². The molecule has 4 heteroatoms. The molecule has 0 aromatic carbocycles. The maximum atomic E-state index is 3.30. The Hall–Kier alpha value is 1.23. The molecule has 0 bridgehead atoms. The summed E-state index contributed by atoms with van der Waals surface area (Å²) in [5.74, 6) is 0. The third kappa shape index (κ3) is 11.2. The van der Waals surface area contributed by atoms with Gasteiger partial charge in [-0.25, -0.2) is 11.6 Å². The van der Waals surface area contributed by atoms with Crippen molar-refractivity contribution in [3.8, 4) is 0 Å². The molecule has 0 saturated carbocycles. The van der Waals surface area contributed by atoms with Gasteiger partial charge in [-0.05, 0) is 0 Å². The van der Waals surface area contributed by atoms with E-state index in [0.717, 1.165) is 6.42 Å². The smallest absolute Gasteiger partial charge is 1.00 e. The van der Waals surface area contributed by atoms with E-state index in [-0.39, 0.29) is 63.4 Å². The average Bonchev–Trinajstić information content (AvgIpc) is 2.34. The van der Waals surface area contributed by atoms with E-state index in [9.17, 15) is 0 Å². The zero-order valence-electron chi connectivity index (χ0n) is 7.62. The van der Waals surface area contributed by atoms with Gasteiger partial charge in [0.25, 0.3) is 0 Å². The first-order valence-electron chi connectivity index (χ1n) is 3.69. The molecule has 13 heavy (non-hydrogen) atoms. The Morgan fingerprint density at radius 2 is 1.92 bits per heavy atom. The zero-order chi connectivity index (χ0) is 6.53. The third-order valence-electron chi connectivity index (χ3n) is 1.57. The van der Waals surface area contributed by atoms with Crippen LogP contribution in [0, 0.1) is 6.08 Å². The molecule has 0 atom stereocenters. The van der Waals surface area contributed by atoms with Crippen molar-refractivity contribution in [2.24, 2.45) is 0 Å². The largest absolute Gasteiger partial charge is 4.00 e. The van der Waals surface area contributed by atoms with Gasteiger partial charge in [-0.1, -0.05) is 26.2 Å². The quantitative estimate of drug-likeness (QED) is 0.455. The molecule has 0 N–H and O–H groups in total. The van der Waals surface area contributed by atoms with Crippen molar-refractivity contribution in [3.63, 3.8) is 0 Å². The first-order valence-corrected chi connectivity index (χ1v) is 3.69. The van der Waals surface area contributed by atoms with E-state index < -0.39 is 0 Å². The van der Waals surface area contributed by atoms with E-state index in [1.807, 2.05) is 0 Å². The summed E-state index contributed by atoms with van der Waals surface area (Å²) in [7, 11) is 0. The first kappa shape index (κ1) is 23.8. The van der Waals surface area contributed by atoms with Crippen LogP contribution >= 0.6 is 0 Å². The van der Waals surface area contributed by atoms with Gasteiger partial charge in [-0.3, -0.25) is 6.08 Å². The summed E-state index contributed by atoms with van der Waals surface area (Å²) >= 11 is 0. The Balaban J connectivity index is -0.000000101. The van der Waals surface area contributed by atoms with E-state index in [4.69, 9.17) is 0 Å². The van der Waals surface area contributed by atoms with Gasteiger partial charge in [-0.2, -0.15) is 6.08 Å². The van der Waals surface area contributed by atoms with Crippen LogP contribution in [0.5, 0.6) is 0 Å². The number of halogens is 3. The number of unbranched alkanes of at least 4 members (excludes halogenated alkanes) is 1. The van der Waals surface area contributed by atoms with Crippen molar-refractivity contribution in [3.05, 3.63) is 23.8 Å². The Bertz CT molecular complexity index is 144. The minimum atomic E-state index is 0. The normalized spacial score (nSPS) is 11.3. The van der Waals surface area contributed by atoms with E-state index in [1.54, 1.807) is 0 Å². The predicted octanol–water partition coefficient (Wildman–Crippen LogP) is -6.12. The van der Waals surface area contributed by atoms with Crippen LogP contribution in [-0.4, -0.2) is 0 Å². The van der Waals surface area contributed by atoms with Gasteiger partial charge in [0.2, 0.25) is 0 Å². The second-order valence-corrected chi connectivity index (χ2v) is 2.41. The molecule has 0 amide bonds. The van der Waals surface area contributed by atoms with E-state index >= 15 is 0 Å². The molecular weight excluding hydrogens is 306 g/mol. The van der Waals surface area contributed by atoms with Gasteiger partial charge < -0.3 is 37.2 Å². The van der Waals surface area contributed by atoms with Crippen LogP contribution in [0.15, 0.2) is 17.7 Å². The van der Waals surface area contributed by atoms with Crippen molar-refractivity contribution in [2.45, 2.75) is 32.6 Å². The van der Waals surface area contributed by atoms with Crippen LogP contribution in [0.1, 0.15) is 32.6 Å². The van der Waals surface area contributed by atoms with Gasteiger partial charge in [0.15, 0.2) is 0 Å². The maximum Gasteiger partial charge on any atom is 4.00 e. The molecule has 0 heterocycles. The minimum Gasteiger partial charge on any atom is -1.00 e. The van der Waals surface area contributed by atoms with Crippen LogP contribution in [0.3, 0.4) is 0 Å².